The fourth-order valence-electron chi connectivity index (χ4n) is 4.83. The monoisotopic (exact) mass is 509 g/mol. The Kier molecular flexibility index (Phi) is 5.11. The van der Waals surface area contributed by atoms with Gasteiger partial charge in [-0.2, -0.15) is 5.10 Å². The van der Waals surface area contributed by atoms with Crippen molar-refractivity contribution in [1.29, 1.82) is 0 Å². The highest BCUT2D eigenvalue weighted by Crippen LogP contribution is 2.42. The molecule has 3 aromatic rings. The van der Waals surface area contributed by atoms with Crippen molar-refractivity contribution in [2.75, 3.05) is 11.9 Å². The van der Waals surface area contributed by atoms with Crippen molar-refractivity contribution in [1.82, 2.24) is 5.01 Å². The van der Waals surface area contributed by atoms with Crippen LogP contribution in [0.5, 0.6) is 17.2 Å². The summed E-state index contributed by atoms with van der Waals surface area (Å²) in [7, 11) is 0. The van der Waals surface area contributed by atoms with Gasteiger partial charge in [-0.1, -0.05) is 12.1 Å². The third kappa shape index (κ3) is 4.43. The Balaban J connectivity index is 1.29. The van der Waals surface area contributed by atoms with Crippen LogP contribution in [-0.4, -0.2) is 35.2 Å². The van der Waals surface area contributed by atoms with Gasteiger partial charge in [0.15, 0.2) is 11.5 Å². The van der Waals surface area contributed by atoms with Gasteiger partial charge in [-0.3, -0.25) is 0 Å². The van der Waals surface area contributed by atoms with E-state index in [2.05, 4.69) is 19.9 Å². The van der Waals surface area contributed by atoms with Crippen LogP contribution >= 0.6 is 0 Å². The van der Waals surface area contributed by atoms with Gasteiger partial charge in [-0.25, -0.2) is 14.2 Å². The second-order valence-corrected chi connectivity index (χ2v) is 9.79. The number of ether oxygens (including phenoxy) is 3. The molecule has 1 N–H and O–H groups in total. The van der Waals surface area contributed by atoms with Gasteiger partial charge in [0.25, 0.3) is 0 Å². The summed E-state index contributed by atoms with van der Waals surface area (Å²) in [6.45, 7) is 4.16. The summed E-state index contributed by atoms with van der Waals surface area (Å²) >= 11 is 0. The Hall–Kier alpha value is -4.21. The largest absolute Gasteiger partial charge is 0.586 e. The number of carbonyl (C=O) groups excluding carboxylic acids is 1. The molecule has 0 saturated carbocycles. The lowest BCUT2D eigenvalue weighted by Crippen LogP contribution is -2.30. The average Bonchev–Trinajstić information content (AvgIpc) is 3.49. The average molecular weight is 509 g/mol. The van der Waals surface area contributed by atoms with E-state index in [9.17, 15) is 18.0 Å². The summed E-state index contributed by atoms with van der Waals surface area (Å²) in [5.74, 6) is -0.266. The van der Waals surface area contributed by atoms with E-state index in [-0.39, 0.29) is 23.6 Å². The molecule has 7 nitrogen and oxygen atoms in total. The van der Waals surface area contributed by atoms with Gasteiger partial charge in [0.1, 0.15) is 17.2 Å². The lowest BCUT2D eigenvalue weighted by molar-refractivity contribution is -0.286. The third-order valence-electron chi connectivity index (χ3n) is 6.43. The van der Waals surface area contributed by atoms with Crippen molar-refractivity contribution in [3.05, 3.63) is 83.2 Å². The molecule has 0 aromatic heterocycles. The first-order chi connectivity index (χ1) is 17.6. The minimum absolute atomic E-state index is 0.0935. The molecule has 0 spiro atoms. The number of rotatable bonds is 3. The number of carbonyl (C=O) groups is 1. The maximum atomic E-state index is 13.6. The van der Waals surface area contributed by atoms with Crippen molar-refractivity contribution >= 4 is 17.4 Å². The topological polar surface area (TPSA) is 72.4 Å². The number of urea groups is 1. The number of fused-ring (bicyclic) bond motifs is 2. The molecular formula is C27H22F3N3O4. The van der Waals surface area contributed by atoms with E-state index >= 15 is 0 Å². The third-order valence-corrected chi connectivity index (χ3v) is 6.43. The Bertz CT molecular complexity index is 1440. The molecule has 0 saturated heterocycles. The number of halogens is 3. The molecule has 6 rings (SSSR count). The molecule has 0 fully saturated rings. The van der Waals surface area contributed by atoms with Gasteiger partial charge in [-0.05, 0) is 67.9 Å². The van der Waals surface area contributed by atoms with Crippen LogP contribution in [0, 0.1) is 5.82 Å². The van der Waals surface area contributed by atoms with Gasteiger partial charge in [-0.15, -0.1) is 8.78 Å². The minimum atomic E-state index is -3.75. The first-order valence-corrected chi connectivity index (χ1v) is 11.7. The number of nitrogens with one attached hydrogen (secondary N) is 1. The van der Waals surface area contributed by atoms with Crippen LogP contribution in [0.4, 0.5) is 23.7 Å². The van der Waals surface area contributed by atoms with Crippen LogP contribution < -0.4 is 19.5 Å². The Morgan fingerprint density at radius 1 is 0.973 bits per heavy atom. The quantitative estimate of drug-likeness (QED) is 0.478. The molecule has 1 atom stereocenters. The molecule has 1 unspecified atom stereocenters. The highest BCUT2D eigenvalue weighted by atomic mass is 19.3. The van der Waals surface area contributed by atoms with Crippen LogP contribution in [-0.2, 0) is 6.42 Å². The van der Waals surface area contributed by atoms with Crippen molar-refractivity contribution < 1.29 is 32.2 Å². The number of anilines is 1. The summed E-state index contributed by atoms with van der Waals surface area (Å²) in [6, 6.07) is 15.2. The maximum absolute atomic E-state index is 13.6. The summed E-state index contributed by atoms with van der Waals surface area (Å²) in [6.07, 6.45) is -3.04. The fraction of sp³-hybridized carbons (Fsp3) is 0.259. The zero-order valence-corrected chi connectivity index (χ0v) is 19.9. The van der Waals surface area contributed by atoms with E-state index in [0.29, 0.717) is 23.4 Å². The van der Waals surface area contributed by atoms with Gasteiger partial charge in [0.05, 0.1) is 12.3 Å². The number of nitrogens with zero attached hydrogens (tertiary/aromatic N) is 2. The maximum Gasteiger partial charge on any atom is 0.586 e. The van der Waals surface area contributed by atoms with Gasteiger partial charge in [0, 0.05) is 29.2 Å². The minimum Gasteiger partial charge on any atom is -0.487 e. The highest BCUT2D eigenvalue weighted by Gasteiger charge is 2.44. The molecule has 10 heteroatoms. The van der Waals surface area contributed by atoms with E-state index in [1.165, 1.54) is 29.3 Å². The van der Waals surface area contributed by atoms with Crippen molar-refractivity contribution in [3.63, 3.8) is 0 Å². The fourth-order valence-corrected chi connectivity index (χ4v) is 4.83. The molecule has 3 aliphatic heterocycles. The first-order valence-electron chi connectivity index (χ1n) is 11.7. The molecule has 2 amide bonds. The van der Waals surface area contributed by atoms with E-state index in [4.69, 9.17) is 4.74 Å². The molecule has 0 radical (unpaired) electrons. The molecule has 190 valence electrons. The molecule has 3 heterocycles. The second-order valence-electron chi connectivity index (χ2n) is 9.79. The SMILES string of the molecule is CC1(C)Cc2cc(NC(=O)N3CC(c4ccc(F)cc4)C(c4ccc5c(c4)OC(F)(F)O5)=N3)ccc2O1. The van der Waals surface area contributed by atoms with Gasteiger partial charge in [0.2, 0.25) is 0 Å². The van der Waals surface area contributed by atoms with Crippen molar-refractivity contribution in [3.8, 4) is 17.2 Å². The summed E-state index contributed by atoms with van der Waals surface area (Å²) in [5, 5.41) is 8.67. The number of benzene rings is 3. The number of hydrogen-bond donors (Lipinski definition) is 1. The van der Waals surface area contributed by atoms with Crippen molar-refractivity contribution in [2.45, 2.75) is 38.1 Å². The van der Waals surface area contributed by atoms with Crippen LogP contribution in [0.15, 0.2) is 65.8 Å². The Labute approximate surface area is 210 Å². The normalized spacial score (nSPS) is 20.3. The number of alkyl halides is 2. The molecule has 0 bridgehead atoms. The Morgan fingerprint density at radius 2 is 1.70 bits per heavy atom. The predicted molar refractivity (Wildman–Crippen MR) is 129 cm³/mol. The van der Waals surface area contributed by atoms with E-state index < -0.39 is 24.1 Å². The summed E-state index contributed by atoms with van der Waals surface area (Å²) in [5.41, 5.74) is 2.92. The van der Waals surface area contributed by atoms with Gasteiger partial charge >= 0.3 is 12.3 Å². The van der Waals surface area contributed by atoms with Crippen LogP contribution in [0.1, 0.15) is 36.5 Å². The molecule has 3 aromatic carbocycles. The van der Waals surface area contributed by atoms with Crippen molar-refractivity contribution in [2.24, 2.45) is 5.10 Å². The van der Waals surface area contributed by atoms with Crippen LogP contribution in [0.25, 0.3) is 0 Å². The lowest BCUT2D eigenvalue weighted by atomic mass is 9.90. The molecule has 0 aliphatic carbocycles. The lowest BCUT2D eigenvalue weighted by Gasteiger charge is -2.16. The van der Waals surface area contributed by atoms with E-state index in [1.54, 1.807) is 24.3 Å². The molecule has 3 aliphatic rings. The van der Waals surface area contributed by atoms with E-state index in [1.807, 2.05) is 26.0 Å². The van der Waals surface area contributed by atoms with Crippen LogP contribution in [0.3, 0.4) is 0 Å². The summed E-state index contributed by atoms with van der Waals surface area (Å²) in [4.78, 5) is 13.2. The predicted octanol–water partition coefficient (Wildman–Crippen LogP) is 5.90. The molecular weight excluding hydrogens is 487 g/mol. The number of hydrogen-bond acceptors (Lipinski definition) is 5. The zero-order chi connectivity index (χ0) is 25.9. The zero-order valence-electron chi connectivity index (χ0n) is 19.9. The number of hydrazone groups is 1. The standard InChI is InChI=1S/C27H22F3N3O4/c1-26(2)13-17-11-19(8-10-21(17)35-26)31-25(34)33-14-20(15-3-6-18(28)7-4-15)24(32-33)16-5-9-22-23(12-16)37-27(29,30)36-22/h3-12,20H,13-14H2,1-2H3,(H,31,34). The smallest absolute Gasteiger partial charge is 0.487 e. The van der Waals surface area contributed by atoms with E-state index in [0.717, 1.165) is 16.9 Å². The first kappa shape index (κ1) is 23.2. The number of amides is 2. The highest BCUT2D eigenvalue weighted by molar-refractivity contribution is 6.08. The second kappa shape index (κ2) is 8.16. The van der Waals surface area contributed by atoms with Gasteiger partial charge < -0.3 is 19.5 Å². The molecule has 37 heavy (non-hydrogen) atoms. The summed E-state index contributed by atoms with van der Waals surface area (Å²) < 4.78 is 55.7. The Morgan fingerprint density at radius 3 is 2.49 bits per heavy atom. The van der Waals surface area contributed by atoms with Crippen LogP contribution in [0.2, 0.25) is 0 Å².